The van der Waals surface area contributed by atoms with Crippen LogP contribution in [-0.4, -0.2) is 13.1 Å². The number of hydrogen-bond acceptors (Lipinski definition) is 1. The number of benzene rings is 2. The smallest absolute Gasteiger partial charge is 0.00488 e. The van der Waals surface area contributed by atoms with E-state index >= 15 is 0 Å². The molecule has 2 aromatic carbocycles. The number of hydrogen-bond donors (Lipinski definition) is 1. The molecule has 0 bridgehead atoms. The Morgan fingerprint density at radius 1 is 0.750 bits per heavy atom. The van der Waals surface area contributed by atoms with Crippen LogP contribution in [0.4, 0.5) is 0 Å². The predicted octanol–water partition coefficient (Wildman–Crippen LogP) is 4.68. The van der Waals surface area contributed by atoms with Crippen LogP contribution in [0.5, 0.6) is 0 Å². The molecule has 0 aliphatic carbocycles. The first-order valence-corrected chi connectivity index (χ1v) is 7.75. The molecule has 0 radical (unpaired) electrons. The van der Waals surface area contributed by atoms with E-state index in [1.54, 1.807) is 0 Å². The van der Waals surface area contributed by atoms with E-state index in [9.17, 15) is 0 Å². The highest BCUT2D eigenvalue weighted by molar-refractivity contribution is 5.63. The van der Waals surface area contributed by atoms with Crippen LogP contribution < -0.4 is 5.32 Å². The fourth-order valence-corrected chi connectivity index (χ4v) is 2.38. The standard InChI is InChI=1S/C19H25N/c1-2-15-20-16-7-6-8-17-11-13-19(14-12-17)18-9-4-3-5-10-18/h3-5,9-14,20H,2,6-8,15-16H2,1H3. The second kappa shape index (κ2) is 8.55. The summed E-state index contributed by atoms with van der Waals surface area (Å²) in [5.74, 6) is 0. The molecule has 0 aliphatic heterocycles. The number of aryl methyl sites for hydroxylation is 1. The SMILES string of the molecule is CCCNCCCCc1ccc(-c2ccccc2)cc1. The van der Waals surface area contributed by atoms with Gasteiger partial charge in [-0.25, -0.2) is 0 Å². The summed E-state index contributed by atoms with van der Waals surface area (Å²) in [6.07, 6.45) is 4.94. The van der Waals surface area contributed by atoms with Gasteiger partial charge >= 0.3 is 0 Å². The van der Waals surface area contributed by atoms with Gasteiger partial charge in [-0.05, 0) is 55.5 Å². The van der Waals surface area contributed by atoms with Gasteiger partial charge in [0.1, 0.15) is 0 Å². The minimum Gasteiger partial charge on any atom is -0.317 e. The molecule has 20 heavy (non-hydrogen) atoms. The van der Waals surface area contributed by atoms with Crippen LogP contribution in [0.2, 0.25) is 0 Å². The second-order valence-electron chi connectivity index (χ2n) is 5.27. The predicted molar refractivity (Wildman–Crippen MR) is 88.0 cm³/mol. The van der Waals surface area contributed by atoms with Crippen molar-refractivity contribution in [1.82, 2.24) is 5.32 Å². The zero-order valence-electron chi connectivity index (χ0n) is 12.4. The zero-order chi connectivity index (χ0) is 14.0. The van der Waals surface area contributed by atoms with E-state index in [1.807, 2.05) is 0 Å². The Balaban J connectivity index is 1.77. The van der Waals surface area contributed by atoms with E-state index in [2.05, 4.69) is 66.8 Å². The average Bonchev–Trinajstić information content (AvgIpc) is 2.52. The highest BCUT2D eigenvalue weighted by Gasteiger charge is 1.97. The molecule has 0 saturated carbocycles. The van der Waals surface area contributed by atoms with Crippen LogP contribution in [0.3, 0.4) is 0 Å². The summed E-state index contributed by atoms with van der Waals surface area (Å²) >= 11 is 0. The van der Waals surface area contributed by atoms with Gasteiger partial charge in [0.2, 0.25) is 0 Å². The monoisotopic (exact) mass is 267 g/mol. The topological polar surface area (TPSA) is 12.0 Å². The van der Waals surface area contributed by atoms with Crippen molar-refractivity contribution in [2.45, 2.75) is 32.6 Å². The van der Waals surface area contributed by atoms with Crippen LogP contribution in [0, 0.1) is 0 Å². The van der Waals surface area contributed by atoms with E-state index in [4.69, 9.17) is 0 Å². The fraction of sp³-hybridized carbons (Fsp3) is 0.368. The van der Waals surface area contributed by atoms with E-state index in [-0.39, 0.29) is 0 Å². The van der Waals surface area contributed by atoms with E-state index in [1.165, 1.54) is 42.4 Å². The zero-order valence-corrected chi connectivity index (χ0v) is 12.4. The molecule has 0 saturated heterocycles. The summed E-state index contributed by atoms with van der Waals surface area (Å²) in [6.45, 7) is 4.50. The van der Waals surface area contributed by atoms with Gasteiger partial charge in [0.05, 0.1) is 0 Å². The Kier molecular flexibility index (Phi) is 6.33. The third kappa shape index (κ3) is 4.82. The number of unbranched alkanes of at least 4 members (excludes halogenated alkanes) is 1. The molecule has 0 spiro atoms. The molecular weight excluding hydrogens is 242 g/mol. The lowest BCUT2D eigenvalue weighted by Gasteiger charge is -2.05. The molecule has 2 rings (SSSR count). The van der Waals surface area contributed by atoms with Crippen molar-refractivity contribution < 1.29 is 0 Å². The Morgan fingerprint density at radius 3 is 2.15 bits per heavy atom. The van der Waals surface area contributed by atoms with Gasteiger partial charge in [-0.1, -0.05) is 61.5 Å². The normalized spacial score (nSPS) is 10.7. The molecule has 0 amide bonds. The quantitative estimate of drug-likeness (QED) is 0.685. The van der Waals surface area contributed by atoms with E-state index in [0.29, 0.717) is 0 Å². The minimum absolute atomic E-state index is 1.14. The maximum Gasteiger partial charge on any atom is -0.00488 e. The summed E-state index contributed by atoms with van der Waals surface area (Å²) in [5.41, 5.74) is 4.04. The van der Waals surface area contributed by atoms with Gasteiger partial charge in [0, 0.05) is 0 Å². The van der Waals surface area contributed by atoms with Crippen LogP contribution in [0.25, 0.3) is 11.1 Å². The molecule has 0 heterocycles. The summed E-state index contributed by atoms with van der Waals surface area (Å²) < 4.78 is 0. The molecule has 0 aromatic heterocycles. The first-order valence-electron chi connectivity index (χ1n) is 7.75. The highest BCUT2D eigenvalue weighted by Crippen LogP contribution is 2.19. The maximum absolute atomic E-state index is 3.45. The summed E-state index contributed by atoms with van der Waals surface area (Å²) in [6, 6.07) is 19.6. The van der Waals surface area contributed by atoms with Crippen LogP contribution >= 0.6 is 0 Å². The molecule has 0 fully saturated rings. The molecule has 0 atom stereocenters. The Morgan fingerprint density at radius 2 is 1.45 bits per heavy atom. The molecule has 1 N–H and O–H groups in total. The van der Waals surface area contributed by atoms with Crippen LogP contribution in [0.15, 0.2) is 54.6 Å². The van der Waals surface area contributed by atoms with Crippen LogP contribution in [0.1, 0.15) is 31.7 Å². The van der Waals surface area contributed by atoms with Gasteiger partial charge in [0.15, 0.2) is 0 Å². The number of rotatable bonds is 8. The van der Waals surface area contributed by atoms with Crippen molar-refractivity contribution in [2.24, 2.45) is 0 Å². The van der Waals surface area contributed by atoms with E-state index in [0.717, 1.165) is 13.1 Å². The lowest BCUT2D eigenvalue weighted by molar-refractivity contribution is 0.617. The minimum atomic E-state index is 1.14. The number of nitrogens with one attached hydrogen (secondary N) is 1. The third-order valence-corrected chi connectivity index (χ3v) is 3.56. The Bertz CT molecular complexity index is 473. The van der Waals surface area contributed by atoms with Crippen molar-refractivity contribution in [2.75, 3.05) is 13.1 Å². The van der Waals surface area contributed by atoms with Crippen molar-refractivity contribution in [3.05, 3.63) is 60.2 Å². The summed E-state index contributed by atoms with van der Waals surface area (Å²) in [7, 11) is 0. The molecule has 2 aromatic rings. The van der Waals surface area contributed by atoms with Crippen molar-refractivity contribution in [3.8, 4) is 11.1 Å². The van der Waals surface area contributed by atoms with Crippen molar-refractivity contribution in [3.63, 3.8) is 0 Å². The third-order valence-electron chi connectivity index (χ3n) is 3.56. The highest BCUT2D eigenvalue weighted by atomic mass is 14.8. The van der Waals surface area contributed by atoms with Gasteiger partial charge in [-0.2, -0.15) is 0 Å². The van der Waals surface area contributed by atoms with Gasteiger partial charge in [0.25, 0.3) is 0 Å². The molecule has 106 valence electrons. The molecule has 1 heteroatoms. The molecular formula is C19H25N. The van der Waals surface area contributed by atoms with E-state index < -0.39 is 0 Å². The van der Waals surface area contributed by atoms with Gasteiger partial charge < -0.3 is 5.32 Å². The fourth-order valence-electron chi connectivity index (χ4n) is 2.38. The molecule has 0 aliphatic rings. The largest absolute Gasteiger partial charge is 0.317 e. The lowest BCUT2D eigenvalue weighted by atomic mass is 10.0. The first kappa shape index (κ1) is 14.8. The lowest BCUT2D eigenvalue weighted by Crippen LogP contribution is -2.15. The van der Waals surface area contributed by atoms with Crippen molar-refractivity contribution in [1.29, 1.82) is 0 Å². The molecule has 1 nitrogen and oxygen atoms in total. The maximum atomic E-state index is 3.45. The Hall–Kier alpha value is -1.60. The summed E-state index contributed by atoms with van der Waals surface area (Å²) in [5, 5.41) is 3.45. The molecule has 0 unspecified atom stereocenters. The Labute approximate surface area is 123 Å². The first-order chi connectivity index (χ1) is 9.90. The van der Waals surface area contributed by atoms with Gasteiger partial charge in [-0.15, -0.1) is 0 Å². The van der Waals surface area contributed by atoms with Crippen molar-refractivity contribution >= 4 is 0 Å². The second-order valence-corrected chi connectivity index (χ2v) is 5.27. The van der Waals surface area contributed by atoms with Gasteiger partial charge in [-0.3, -0.25) is 0 Å². The summed E-state index contributed by atoms with van der Waals surface area (Å²) in [4.78, 5) is 0. The average molecular weight is 267 g/mol. The van der Waals surface area contributed by atoms with Crippen LogP contribution in [-0.2, 0) is 6.42 Å².